The maximum atomic E-state index is 2.43. The van der Waals surface area contributed by atoms with Crippen molar-refractivity contribution in [1.29, 1.82) is 0 Å². The van der Waals surface area contributed by atoms with Gasteiger partial charge in [0.15, 0.2) is 0 Å². The van der Waals surface area contributed by atoms with Crippen molar-refractivity contribution in [1.82, 2.24) is 0 Å². The Hall–Kier alpha value is -1.13. The van der Waals surface area contributed by atoms with E-state index in [1.807, 2.05) is 0 Å². The zero-order chi connectivity index (χ0) is 14.2. The summed E-state index contributed by atoms with van der Waals surface area (Å²) < 4.78 is 0. The van der Waals surface area contributed by atoms with Crippen molar-refractivity contribution in [2.24, 2.45) is 0 Å². The molecule has 1 heteroatoms. The Bertz CT molecular complexity index is 438. The average molecular weight is 284 g/mol. The van der Waals surface area contributed by atoms with Gasteiger partial charge < -0.3 is 0 Å². The van der Waals surface area contributed by atoms with E-state index in [1.165, 1.54) is 36.3 Å². The number of hydrogen-bond donors (Lipinski definition) is 0. The molecular weight excluding hydrogens is 259 g/mol. The number of rotatable bonds is 7. The molecule has 0 radical (unpaired) electrons. The predicted molar refractivity (Wildman–Crippen MR) is 92.7 cm³/mol. The molecule has 2 aromatic rings. The highest BCUT2D eigenvalue weighted by Gasteiger charge is 2.20. The first-order valence-corrected chi connectivity index (χ1v) is 9.13. The summed E-state index contributed by atoms with van der Waals surface area (Å²) >= 11 is 0. The second-order valence-corrected chi connectivity index (χ2v) is 8.04. The summed E-state index contributed by atoms with van der Waals surface area (Å²) in [4.78, 5) is 0. The molecule has 0 aliphatic rings. The lowest BCUT2D eigenvalue weighted by atomic mass is 10.2. The molecule has 0 nitrogen and oxygen atoms in total. The lowest BCUT2D eigenvalue weighted by molar-refractivity contribution is 0.662. The van der Waals surface area contributed by atoms with E-state index in [0.717, 1.165) is 5.66 Å². The van der Waals surface area contributed by atoms with Crippen molar-refractivity contribution in [3.8, 4) is 0 Å². The molecule has 0 saturated carbocycles. The van der Waals surface area contributed by atoms with Gasteiger partial charge in [0, 0.05) is 0 Å². The summed E-state index contributed by atoms with van der Waals surface area (Å²) in [5.74, 6) is 0. The first kappa shape index (κ1) is 15.3. The van der Waals surface area contributed by atoms with Gasteiger partial charge in [-0.1, -0.05) is 93.8 Å². The van der Waals surface area contributed by atoms with Gasteiger partial charge in [0.2, 0.25) is 0 Å². The summed E-state index contributed by atoms with van der Waals surface area (Å²) in [6, 6.07) is 22.1. The normalized spacial score (nSPS) is 12.6. The van der Waals surface area contributed by atoms with Crippen molar-refractivity contribution < 1.29 is 0 Å². The molecule has 0 aliphatic carbocycles. The fourth-order valence-electron chi connectivity index (χ4n) is 2.65. The van der Waals surface area contributed by atoms with Crippen LogP contribution in [0.5, 0.6) is 0 Å². The van der Waals surface area contributed by atoms with E-state index in [4.69, 9.17) is 0 Å². The molecule has 20 heavy (non-hydrogen) atoms. The molecule has 1 atom stereocenters. The summed E-state index contributed by atoms with van der Waals surface area (Å²) in [5.41, 5.74) is 0.751. The molecule has 0 aliphatic heterocycles. The van der Waals surface area contributed by atoms with Gasteiger partial charge in [0.1, 0.15) is 0 Å². The first-order chi connectivity index (χ1) is 9.83. The lowest BCUT2D eigenvalue weighted by Gasteiger charge is -2.25. The van der Waals surface area contributed by atoms with Gasteiger partial charge in [-0.2, -0.15) is 0 Å². The fraction of sp³-hybridized carbons (Fsp3) is 0.368. The van der Waals surface area contributed by atoms with Crippen LogP contribution in [0.15, 0.2) is 60.7 Å². The van der Waals surface area contributed by atoms with Gasteiger partial charge in [0.25, 0.3) is 0 Å². The Labute approximate surface area is 125 Å². The molecule has 0 aromatic heterocycles. The van der Waals surface area contributed by atoms with E-state index in [-0.39, 0.29) is 7.92 Å². The smallest absolute Gasteiger partial charge is 0.0157 e. The summed E-state index contributed by atoms with van der Waals surface area (Å²) in [6.07, 6.45) is 5.36. The van der Waals surface area contributed by atoms with Crippen LogP contribution in [-0.4, -0.2) is 5.66 Å². The third kappa shape index (κ3) is 4.18. The molecule has 1 unspecified atom stereocenters. The lowest BCUT2D eigenvalue weighted by Crippen LogP contribution is -2.19. The van der Waals surface area contributed by atoms with Gasteiger partial charge in [-0.3, -0.25) is 0 Å². The topological polar surface area (TPSA) is 0 Å². The Kier molecular flexibility index (Phi) is 6.27. The number of hydrogen-bond acceptors (Lipinski definition) is 0. The molecule has 106 valence electrons. The molecule has 0 heterocycles. The Morgan fingerprint density at radius 2 is 1.30 bits per heavy atom. The van der Waals surface area contributed by atoms with Crippen LogP contribution in [0.25, 0.3) is 0 Å². The van der Waals surface area contributed by atoms with Crippen LogP contribution in [0.4, 0.5) is 0 Å². The molecule has 0 spiro atoms. The second kappa shape index (κ2) is 8.22. The molecular formula is C19H25P. The highest BCUT2D eigenvalue weighted by molar-refractivity contribution is 7.73. The standard InChI is InChI=1S/C19H25P/c1-3-4-7-12-17(2)20(18-13-8-5-9-14-18)19-15-10-6-11-16-19/h5-6,8-11,13-17H,3-4,7,12H2,1-2H3. The van der Waals surface area contributed by atoms with Crippen LogP contribution < -0.4 is 10.6 Å². The molecule has 2 aromatic carbocycles. The van der Waals surface area contributed by atoms with E-state index in [1.54, 1.807) is 0 Å². The average Bonchev–Trinajstić information content (AvgIpc) is 2.50. The van der Waals surface area contributed by atoms with Crippen LogP contribution in [0, 0.1) is 0 Å². The van der Waals surface area contributed by atoms with Crippen molar-refractivity contribution in [3.05, 3.63) is 60.7 Å². The minimum atomic E-state index is -0.229. The molecule has 0 saturated heterocycles. The largest absolute Gasteiger partial charge is 0.0654 e. The zero-order valence-electron chi connectivity index (χ0n) is 12.6. The second-order valence-electron chi connectivity index (χ2n) is 5.39. The van der Waals surface area contributed by atoms with Crippen LogP contribution >= 0.6 is 7.92 Å². The van der Waals surface area contributed by atoms with Crippen LogP contribution in [0.1, 0.15) is 39.5 Å². The highest BCUT2D eigenvalue weighted by Crippen LogP contribution is 2.41. The molecule has 0 fully saturated rings. The van der Waals surface area contributed by atoms with Gasteiger partial charge >= 0.3 is 0 Å². The predicted octanol–water partition coefficient (Wildman–Crippen LogP) is 5.09. The van der Waals surface area contributed by atoms with E-state index >= 15 is 0 Å². The Morgan fingerprint density at radius 1 is 0.800 bits per heavy atom. The van der Waals surface area contributed by atoms with Crippen LogP contribution in [-0.2, 0) is 0 Å². The molecule has 2 rings (SSSR count). The monoisotopic (exact) mass is 284 g/mol. The number of benzene rings is 2. The molecule has 0 bridgehead atoms. The Balaban J connectivity index is 2.21. The van der Waals surface area contributed by atoms with Gasteiger partial charge in [0.05, 0.1) is 0 Å². The number of unbranched alkanes of at least 4 members (excludes halogenated alkanes) is 2. The van der Waals surface area contributed by atoms with E-state index in [0.29, 0.717) is 0 Å². The maximum Gasteiger partial charge on any atom is -0.0157 e. The first-order valence-electron chi connectivity index (χ1n) is 7.72. The van der Waals surface area contributed by atoms with Gasteiger partial charge in [-0.25, -0.2) is 0 Å². The molecule has 0 N–H and O–H groups in total. The minimum Gasteiger partial charge on any atom is -0.0654 e. The van der Waals surface area contributed by atoms with Gasteiger partial charge in [-0.15, -0.1) is 0 Å². The van der Waals surface area contributed by atoms with Crippen LogP contribution in [0.3, 0.4) is 0 Å². The zero-order valence-corrected chi connectivity index (χ0v) is 13.5. The highest BCUT2D eigenvalue weighted by atomic mass is 31.1. The summed E-state index contributed by atoms with van der Waals surface area (Å²) in [6.45, 7) is 4.71. The summed E-state index contributed by atoms with van der Waals surface area (Å²) in [7, 11) is -0.229. The van der Waals surface area contributed by atoms with Gasteiger partial charge in [-0.05, 0) is 30.6 Å². The SMILES string of the molecule is CCCCCC(C)P(c1ccccc1)c1ccccc1. The van der Waals surface area contributed by atoms with Crippen molar-refractivity contribution in [2.75, 3.05) is 0 Å². The van der Waals surface area contributed by atoms with Crippen molar-refractivity contribution >= 4 is 18.5 Å². The fourth-order valence-corrected chi connectivity index (χ4v) is 5.40. The van der Waals surface area contributed by atoms with Crippen molar-refractivity contribution in [3.63, 3.8) is 0 Å². The quantitative estimate of drug-likeness (QED) is 0.491. The van der Waals surface area contributed by atoms with Crippen LogP contribution in [0.2, 0.25) is 0 Å². The Morgan fingerprint density at radius 3 is 1.75 bits per heavy atom. The maximum absolute atomic E-state index is 2.43. The van der Waals surface area contributed by atoms with E-state index in [9.17, 15) is 0 Å². The van der Waals surface area contributed by atoms with E-state index < -0.39 is 0 Å². The van der Waals surface area contributed by atoms with E-state index in [2.05, 4.69) is 74.5 Å². The minimum absolute atomic E-state index is 0.229. The van der Waals surface area contributed by atoms with Crippen molar-refractivity contribution in [2.45, 2.75) is 45.2 Å². The third-order valence-corrected chi connectivity index (χ3v) is 6.58. The molecule has 0 amide bonds. The third-order valence-electron chi connectivity index (χ3n) is 3.73. The summed E-state index contributed by atoms with van der Waals surface area (Å²) in [5, 5.41) is 3.02.